The van der Waals surface area contributed by atoms with Crippen molar-refractivity contribution in [2.24, 2.45) is 5.92 Å². The van der Waals surface area contributed by atoms with Gasteiger partial charge in [-0.25, -0.2) is 0 Å². The van der Waals surface area contributed by atoms with E-state index in [1.807, 2.05) is 4.90 Å². The summed E-state index contributed by atoms with van der Waals surface area (Å²) in [6.45, 7) is 0.783. The van der Waals surface area contributed by atoms with Gasteiger partial charge in [0.05, 0.1) is 12.5 Å². The van der Waals surface area contributed by atoms with E-state index in [0.29, 0.717) is 24.8 Å². The first-order valence-corrected chi connectivity index (χ1v) is 6.03. The Morgan fingerprint density at radius 2 is 2.33 bits per heavy atom. The van der Waals surface area contributed by atoms with Gasteiger partial charge in [-0.05, 0) is 12.8 Å². The number of hydrogen-bond donors (Lipinski definition) is 2. The number of tetrazole rings is 1. The number of amides is 2. The lowest BCUT2D eigenvalue weighted by Gasteiger charge is -2.14. The Morgan fingerprint density at radius 3 is 3.00 bits per heavy atom. The minimum Gasteiger partial charge on any atom is -0.348 e. The number of nitrogens with one attached hydrogen (secondary N) is 2. The average Bonchev–Trinajstić information content (AvgIpc) is 2.92. The van der Waals surface area contributed by atoms with Gasteiger partial charge in [0.2, 0.25) is 11.8 Å². The first-order chi connectivity index (χ1) is 8.74. The molecular formula is C10H14N6O2. The van der Waals surface area contributed by atoms with Crippen LogP contribution in [-0.2, 0) is 16.1 Å². The number of hydrogen-bond acceptors (Lipinski definition) is 5. The molecule has 18 heavy (non-hydrogen) atoms. The van der Waals surface area contributed by atoms with Gasteiger partial charge in [0.25, 0.3) is 0 Å². The van der Waals surface area contributed by atoms with Gasteiger partial charge < -0.3 is 10.2 Å². The minimum absolute atomic E-state index is 0.0946. The lowest BCUT2D eigenvalue weighted by Crippen LogP contribution is -2.33. The molecule has 2 heterocycles. The van der Waals surface area contributed by atoms with E-state index in [9.17, 15) is 9.59 Å². The van der Waals surface area contributed by atoms with Crippen LogP contribution in [0.15, 0.2) is 0 Å². The van der Waals surface area contributed by atoms with Gasteiger partial charge in [-0.15, -0.1) is 10.2 Å². The molecule has 1 saturated heterocycles. The number of nitrogens with zero attached hydrogens (tertiary/aromatic N) is 4. The highest BCUT2D eigenvalue weighted by Gasteiger charge is 2.41. The normalized spacial score (nSPS) is 23.4. The number of rotatable bonds is 4. The van der Waals surface area contributed by atoms with Gasteiger partial charge in [0, 0.05) is 19.0 Å². The molecule has 1 aliphatic carbocycles. The van der Waals surface area contributed by atoms with E-state index in [1.54, 1.807) is 0 Å². The maximum Gasteiger partial charge on any atom is 0.225 e. The summed E-state index contributed by atoms with van der Waals surface area (Å²) >= 11 is 0. The summed E-state index contributed by atoms with van der Waals surface area (Å²) in [5, 5.41) is 15.9. The fourth-order valence-corrected chi connectivity index (χ4v) is 2.21. The third kappa shape index (κ3) is 2.18. The highest BCUT2D eigenvalue weighted by Crippen LogP contribution is 2.32. The number of H-pyrrole nitrogens is 1. The second-order valence-corrected chi connectivity index (χ2v) is 4.72. The van der Waals surface area contributed by atoms with Crippen LogP contribution in [0.2, 0.25) is 0 Å². The second-order valence-electron chi connectivity index (χ2n) is 4.72. The smallest absolute Gasteiger partial charge is 0.225 e. The molecule has 1 aromatic rings. The lowest BCUT2D eigenvalue weighted by atomic mass is 10.1. The van der Waals surface area contributed by atoms with E-state index >= 15 is 0 Å². The van der Waals surface area contributed by atoms with Gasteiger partial charge in [0.15, 0.2) is 5.82 Å². The molecule has 2 N–H and O–H groups in total. The Labute approximate surface area is 103 Å². The molecule has 96 valence electrons. The molecule has 3 rings (SSSR count). The fraction of sp³-hybridized carbons (Fsp3) is 0.700. The standard InChI is InChI=1S/C10H14N6O2/c17-9-3-6(5-16(9)7-1-2-7)10(18)11-4-8-12-14-15-13-8/h6-7H,1-5H2,(H,11,18)(H,12,13,14,15). The lowest BCUT2D eigenvalue weighted by molar-refractivity contribution is -0.129. The summed E-state index contributed by atoms with van der Waals surface area (Å²) in [4.78, 5) is 25.4. The summed E-state index contributed by atoms with van der Waals surface area (Å²) in [6, 6.07) is 0.382. The van der Waals surface area contributed by atoms with Crippen LogP contribution in [0.25, 0.3) is 0 Å². The Balaban J connectivity index is 1.52. The van der Waals surface area contributed by atoms with Crippen LogP contribution in [0.5, 0.6) is 0 Å². The van der Waals surface area contributed by atoms with Crippen LogP contribution in [0.3, 0.4) is 0 Å². The van der Waals surface area contributed by atoms with Crippen LogP contribution in [0.4, 0.5) is 0 Å². The second kappa shape index (κ2) is 4.35. The molecule has 0 bridgehead atoms. The highest BCUT2D eigenvalue weighted by molar-refractivity contribution is 5.89. The van der Waals surface area contributed by atoms with Crippen LogP contribution < -0.4 is 5.32 Å². The largest absolute Gasteiger partial charge is 0.348 e. The quantitative estimate of drug-likeness (QED) is 0.700. The highest BCUT2D eigenvalue weighted by atomic mass is 16.2. The first-order valence-electron chi connectivity index (χ1n) is 6.03. The summed E-state index contributed by atoms with van der Waals surface area (Å²) in [5.74, 6) is 0.172. The maximum absolute atomic E-state index is 11.9. The maximum atomic E-state index is 11.9. The zero-order valence-corrected chi connectivity index (χ0v) is 9.80. The number of carbonyl (C=O) groups is 2. The molecule has 0 radical (unpaired) electrons. The van der Waals surface area contributed by atoms with E-state index in [0.717, 1.165) is 12.8 Å². The van der Waals surface area contributed by atoms with Crippen molar-refractivity contribution < 1.29 is 9.59 Å². The Bertz CT molecular complexity index is 455. The van der Waals surface area contributed by atoms with Gasteiger partial charge in [-0.3, -0.25) is 9.59 Å². The van der Waals surface area contributed by atoms with Crippen LogP contribution in [-0.4, -0.2) is 49.9 Å². The Hall–Kier alpha value is -1.99. The molecule has 1 unspecified atom stereocenters. The molecule has 8 heteroatoms. The summed E-state index contributed by atoms with van der Waals surface area (Å²) in [6.07, 6.45) is 2.46. The van der Waals surface area contributed by atoms with Gasteiger partial charge >= 0.3 is 0 Å². The van der Waals surface area contributed by atoms with Crippen molar-refractivity contribution in [2.45, 2.75) is 31.8 Å². The van der Waals surface area contributed by atoms with E-state index in [4.69, 9.17) is 0 Å². The van der Waals surface area contributed by atoms with E-state index in [-0.39, 0.29) is 24.3 Å². The van der Waals surface area contributed by atoms with E-state index in [2.05, 4.69) is 25.9 Å². The summed E-state index contributed by atoms with van der Waals surface area (Å²) in [7, 11) is 0. The fourth-order valence-electron chi connectivity index (χ4n) is 2.21. The van der Waals surface area contributed by atoms with Gasteiger partial charge in [-0.1, -0.05) is 5.21 Å². The summed E-state index contributed by atoms with van der Waals surface area (Å²) in [5.41, 5.74) is 0. The molecule has 1 aromatic heterocycles. The summed E-state index contributed by atoms with van der Waals surface area (Å²) < 4.78 is 0. The van der Waals surface area contributed by atoms with Crippen LogP contribution in [0, 0.1) is 5.92 Å². The molecule has 2 aliphatic rings. The molecule has 1 saturated carbocycles. The zero-order valence-electron chi connectivity index (χ0n) is 9.80. The molecule has 2 amide bonds. The molecule has 0 spiro atoms. The number of aromatic amines is 1. The number of likely N-dealkylation sites (tertiary alicyclic amines) is 1. The molecule has 1 aliphatic heterocycles. The minimum atomic E-state index is -0.245. The van der Waals surface area contributed by atoms with Crippen LogP contribution >= 0.6 is 0 Å². The SMILES string of the molecule is O=C(NCc1nn[nH]n1)C1CC(=O)N(C2CC2)C1. The van der Waals surface area contributed by atoms with Crippen molar-refractivity contribution in [1.82, 2.24) is 30.8 Å². The number of carbonyl (C=O) groups excluding carboxylic acids is 2. The Morgan fingerprint density at radius 1 is 1.50 bits per heavy atom. The molecular weight excluding hydrogens is 236 g/mol. The van der Waals surface area contributed by atoms with Crippen molar-refractivity contribution in [3.63, 3.8) is 0 Å². The van der Waals surface area contributed by atoms with Crippen molar-refractivity contribution in [3.05, 3.63) is 5.82 Å². The monoisotopic (exact) mass is 250 g/mol. The molecule has 8 nitrogen and oxygen atoms in total. The average molecular weight is 250 g/mol. The molecule has 0 aromatic carbocycles. The zero-order chi connectivity index (χ0) is 12.5. The van der Waals surface area contributed by atoms with E-state index < -0.39 is 0 Å². The third-order valence-electron chi connectivity index (χ3n) is 3.33. The number of aromatic nitrogens is 4. The third-order valence-corrected chi connectivity index (χ3v) is 3.33. The van der Waals surface area contributed by atoms with Crippen molar-refractivity contribution in [2.75, 3.05) is 6.54 Å². The van der Waals surface area contributed by atoms with Crippen molar-refractivity contribution >= 4 is 11.8 Å². The predicted octanol–water partition coefficient (Wildman–Crippen LogP) is -1.17. The predicted molar refractivity (Wildman–Crippen MR) is 58.9 cm³/mol. The van der Waals surface area contributed by atoms with Crippen molar-refractivity contribution in [1.29, 1.82) is 0 Å². The molecule has 1 atom stereocenters. The topological polar surface area (TPSA) is 104 Å². The van der Waals surface area contributed by atoms with Gasteiger partial charge in [-0.2, -0.15) is 5.21 Å². The van der Waals surface area contributed by atoms with Gasteiger partial charge in [0.1, 0.15) is 0 Å². The van der Waals surface area contributed by atoms with E-state index in [1.165, 1.54) is 0 Å². The van der Waals surface area contributed by atoms with Crippen molar-refractivity contribution in [3.8, 4) is 0 Å². The molecule has 2 fully saturated rings. The Kier molecular flexibility index (Phi) is 2.69. The first kappa shape index (κ1) is 11.1. The van der Waals surface area contributed by atoms with Crippen LogP contribution in [0.1, 0.15) is 25.1 Å².